The number of amides is 4. The summed E-state index contributed by atoms with van der Waals surface area (Å²) in [7, 11) is 0. The van der Waals surface area contributed by atoms with Gasteiger partial charge in [0, 0.05) is 24.2 Å². The summed E-state index contributed by atoms with van der Waals surface area (Å²) >= 11 is 0. The third-order valence-corrected chi connectivity index (χ3v) is 4.42. The Morgan fingerprint density at radius 2 is 1.35 bits per heavy atom. The lowest BCUT2D eigenvalue weighted by molar-refractivity contribution is -0.138. The van der Waals surface area contributed by atoms with Crippen LogP contribution in [0.4, 0.5) is 0 Å². The van der Waals surface area contributed by atoms with Crippen molar-refractivity contribution in [2.75, 3.05) is 19.7 Å². The normalized spacial score (nSPS) is 11.9. The molecule has 1 aromatic rings. The first kappa shape index (κ1) is 29.1. The summed E-state index contributed by atoms with van der Waals surface area (Å²) in [5.74, 6) is -1.12. The molecule has 0 radical (unpaired) electrons. The van der Waals surface area contributed by atoms with Gasteiger partial charge in [0.1, 0.15) is 0 Å². The van der Waals surface area contributed by atoms with Gasteiger partial charge in [0.15, 0.2) is 12.7 Å². The second-order valence-electron chi connectivity index (χ2n) is 9.30. The van der Waals surface area contributed by atoms with E-state index in [-0.39, 0.29) is 41.4 Å². The topological polar surface area (TPSA) is 135 Å². The SMILES string of the molecule is CC(C)CNC(=O)CONC(=O)c1cccc(C(=O)NO[C@H](CC(C)C)C(=O)NCC(C)C)c1. The maximum atomic E-state index is 12.5. The molecule has 0 fully saturated rings. The van der Waals surface area contributed by atoms with E-state index in [0.717, 1.165) is 0 Å². The molecule has 34 heavy (non-hydrogen) atoms. The van der Waals surface area contributed by atoms with Crippen molar-refractivity contribution < 1.29 is 28.9 Å². The van der Waals surface area contributed by atoms with Crippen LogP contribution in [0, 0.1) is 17.8 Å². The molecule has 10 nitrogen and oxygen atoms in total. The van der Waals surface area contributed by atoms with Crippen LogP contribution in [0.2, 0.25) is 0 Å². The monoisotopic (exact) mass is 478 g/mol. The quantitative estimate of drug-likeness (QED) is 0.302. The molecule has 0 aromatic heterocycles. The van der Waals surface area contributed by atoms with E-state index in [1.165, 1.54) is 24.3 Å². The smallest absolute Gasteiger partial charge is 0.274 e. The predicted molar refractivity (Wildman–Crippen MR) is 127 cm³/mol. The largest absolute Gasteiger partial charge is 0.354 e. The number of nitrogens with one attached hydrogen (secondary N) is 4. The van der Waals surface area contributed by atoms with E-state index in [4.69, 9.17) is 9.68 Å². The van der Waals surface area contributed by atoms with Crippen molar-refractivity contribution in [3.63, 3.8) is 0 Å². The van der Waals surface area contributed by atoms with Gasteiger partial charge in [-0.1, -0.05) is 47.6 Å². The number of rotatable bonds is 14. The van der Waals surface area contributed by atoms with Crippen LogP contribution < -0.4 is 21.6 Å². The molecular weight excluding hydrogens is 440 g/mol. The Labute approximate surface area is 201 Å². The van der Waals surface area contributed by atoms with E-state index in [0.29, 0.717) is 25.4 Å². The van der Waals surface area contributed by atoms with Gasteiger partial charge in [-0.25, -0.2) is 11.0 Å². The molecule has 0 saturated carbocycles. The third-order valence-electron chi connectivity index (χ3n) is 4.42. The summed E-state index contributed by atoms with van der Waals surface area (Å²) in [6, 6.07) is 5.88. The Bertz CT molecular complexity index is 825. The van der Waals surface area contributed by atoms with E-state index >= 15 is 0 Å². The number of hydrogen-bond acceptors (Lipinski definition) is 6. The van der Waals surface area contributed by atoms with E-state index in [2.05, 4.69) is 21.6 Å². The lowest BCUT2D eigenvalue weighted by atomic mass is 10.1. The van der Waals surface area contributed by atoms with Crippen LogP contribution in [0.15, 0.2) is 24.3 Å². The minimum Gasteiger partial charge on any atom is -0.354 e. The summed E-state index contributed by atoms with van der Waals surface area (Å²) in [5.41, 5.74) is 4.80. The molecule has 1 atom stereocenters. The fraction of sp³-hybridized carbons (Fsp3) is 0.583. The molecule has 0 heterocycles. The maximum Gasteiger partial charge on any atom is 0.274 e. The van der Waals surface area contributed by atoms with Crippen molar-refractivity contribution in [3.05, 3.63) is 35.4 Å². The first-order valence-electron chi connectivity index (χ1n) is 11.5. The van der Waals surface area contributed by atoms with E-state index in [1.54, 1.807) is 0 Å². The van der Waals surface area contributed by atoms with Gasteiger partial charge in [0.2, 0.25) is 5.91 Å². The molecule has 1 aromatic carbocycles. The Morgan fingerprint density at radius 1 is 0.794 bits per heavy atom. The summed E-state index contributed by atoms with van der Waals surface area (Å²) < 4.78 is 0. The molecule has 190 valence electrons. The van der Waals surface area contributed by atoms with Crippen molar-refractivity contribution in [1.82, 2.24) is 21.6 Å². The second-order valence-corrected chi connectivity index (χ2v) is 9.30. The average molecular weight is 479 g/mol. The van der Waals surface area contributed by atoms with Gasteiger partial charge in [-0.3, -0.25) is 28.9 Å². The highest BCUT2D eigenvalue weighted by Gasteiger charge is 2.22. The van der Waals surface area contributed by atoms with Crippen molar-refractivity contribution in [2.24, 2.45) is 17.8 Å². The van der Waals surface area contributed by atoms with Crippen molar-refractivity contribution in [3.8, 4) is 0 Å². The van der Waals surface area contributed by atoms with Gasteiger partial charge in [-0.05, 0) is 42.4 Å². The molecule has 4 N–H and O–H groups in total. The number of hydrogen-bond donors (Lipinski definition) is 4. The minimum absolute atomic E-state index is 0.156. The van der Waals surface area contributed by atoms with Crippen LogP contribution in [0.25, 0.3) is 0 Å². The fourth-order valence-electron chi connectivity index (χ4n) is 2.64. The van der Waals surface area contributed by atoms with Gasteiger partial charge in [0.05, 0.1) is 0 Å². The molecule has 1 rings (SSSR count). The standard InChI is InChI=1S/C24H38N4O6/c1-15(2)10-20(24(32)26-13-17(5)6)34-28-23(31)19-9-7-8-18(11-19)22(30)27-33-14-21(29)25-12-16(3)4/h7-9,11,15-17,20H,10,12-14H2,1-6H3,(H,25,29)(H,26,32)(H,27,30)(H,28,31)/t20-/m1/s1. The zero-order chi connectivity index (χ0) is 25.7. The lowest BCUT2D eigenvalue weighted by Gasteiger charge is -2.20. The Balaban J connectivity index is 2.64. The molecular formula is C24H38N4O6. The third kappa shape index (κ3) is 11.8. The molecule has 0 saturated heterocycles. The van der Waals surface area contributed by atoms with Gasteiger partial charge in [-0.15, -0.1) is 0 Å². The first-order valence-corrected chi connectivity index (χ1v) is 11.5. The van der Waals surface area contributed by atoms with Crippen molar-refractivity contribution >= 4 is 23.6 Å². The second kappa shape index (κ2) is 15.0. The lowest BCUT2D eigenvalue weighted by Crippen LogP contribution is -2.42. The van der Waals surface area contributed by atoms with E-state index in [1.807, 2.05) is 41.5 Å². The van der Waals surface area contributed by atoms with E-state index in [9.17, 15) is 19.2 Å². The van der Waals surface area contributed by atoms with Crippen LogP contribution in [-0.4, -0.2) is 49.4 Å². The molecule has 0 aliphatic rings. The average Bonchev–Trinajstić information content (AvgIpc) is 2.78. The Hall–Kier alpha value is -2.98. The van der Waals surface area contributed by atoms with Gasteiger partial charge >= 0.3 is 0 Å². The highest BCUT2D eigenvalue weighted by molar-refractivity contribution is 5.99. The fourth-order valence-corrected chi connectivity index (χ4v) is 2.64. The van der Waals surface area contributed by atoms with E-state index < -0.39 is 17.9 Å². The Kier molecular flexibility index (Phi) is 12.8. The zero-order valence-corrected chi connectivity index (χ0v) is 20.9. The number of carbonyl (C=O) groups is 4. The summed E-state index contributed by atoms with van der Waals surface area (Å²) in [4.78, 5) is 59.2. The van der Waals surface area contributed by atoms with Crippen LogP contribution in [0.3, 0.4) is 0 Å². The van der Waals surface area contributed by atoms with Crippen molar-refractivity contribution in [1.29, 1.82) is 0 Å². The summed E-state index contributed by atoms with van der Waals surface area (Å²) in [6.45, 7) is 12.5. The number of carbonyl (C=O) groups excluding carboxylic acids is 4. The highest BCUT2D eigenvalue weighted by Crippen LogP contribution is 2.10. The van der Waals surface area contributed by atoms with Gasteiger partial charge < -0.3 is 10.6 Å². The van der Waals surface area contributed by atoms with Crippen LogP contribution in [0.5, 0.6) is 0 Å². The molecule has 0 spiro atoms. The molecule has 0 bridgehead atoms. The first-order chi connectivity index (χ1) is 16.0. The predicted octanol–water partition coefficient (Wildman–Crippen LogP) is 1.97. The van der Waals surface area contributed by atoms with Crippen LogP contribution >= 0.6 is 0 Å². The molecule has 4 amide bonds. The Morgan fingerprint density at radius 3 is 1.91 bits per heavy atom. The minimum atomic E-state index is -0.843. The molecule has 0 unspecified atom stereocenters. The van der Waals surface area contributed by atoms with Gasteiger partial charge in [-0.2, -0.15) is 0 Å². The maximum absolute atomic E-state index is 12.5. The summed E-state index contributed by atoms with van der Waals surface area (Å²) in [5, 5.41) is 5.47. The molecule has 10 heteroatoms. The van der Waals surface area contributed by atoms with Crippen LogP contribution in [-0.2, 0) is 19.3 Å². The zero-order valence-electron chi connectivity index (χ0n) is 20.9. The van der Waals surface area contributed by atoms with Crippen molar-refractivity contribution in [2.45, 2.75) is 54.1 Å². The van der Waals surface area contributed by atoms with Gasteiger partial charge in [0.25, 0.3) is 17.7 Å². The molecule has 0 aliphatic carbocycles. The molecule has 0 aliphatic heterocycles. The van der Waals surface area contributed by atoms with Crippen LogP contribution in [0.1, 0.15) is 68.7 Å². The summed E-state index contributed by atoms with van der Waals surface area (Å²) in [6.07, 6.45) is -0.418. The highest BCUT2D eigenvalue weighted by atomic mass is 16.7. The number of hydroxylamine groups is 2. The number of benzene rings is 1.